The van der Waals surface area contributed by atoms with Gasteiger partial charge in [-0.3, -0.25) is 9.59 Å². The van der Waals surface area contributed by atoms with Crippen molar-refractivity contribution in [1.29, 1.82) is 0 Å². The van der Waals surface area contributed by atoms with Crippen molar-refractivity contribution in [3.8, 4) is 11.5 Å². The van der Waals surface area contributed by atoms with E-state index in [2.05, 4.69) is 15.9 Å². The molecule has 3 aromatic carbocycles. The molecule has 0 N–H and O–H groups in total. The lowest BCUT2D eigenvalue weighted by Crippen LogP contribution is -2.31. The number of carbonyl (C=O) groups excluding carboxylic acids is 1. The Morgan fingerprint density at radius 3 is 2.54 bits per heavy atom. The molecular formula is C27H21BrFNO5. The molecule has 0 radical (unpaired) electrons. The lowest BCUT2D eigenvalue weighted by atomic mass is 9.98. The first-order valence-corrected chi connectivity index (χ1v) is 11.7. The van der Waals surface area contributed by atoms with Crippen LogP contribution >= 0.6 is 15.9 Å². The van der Waals surface area contributed by atoms with Crippen LogP contribution in [-0.2, 0) is 6.42 Å². The summed E-state index contributed by atoms with van der Waals surface area (Å²) in [5, 5.41) is 0.110. The fraction of sp³-hybridized carbons (Fsp3) is 0.185. The molecule has 8 heteroatoms. The SMILES string of the molecule is COc1ccc(CCN2C(=O)c3oc4ccc(F)cc4c(=O)c3C2c2cccc(Br)c2)cc1OC. The monoisotopic (exact) mass is 537 g/mol. The first kappa shape index (κ1) is 23.1. The Bertz CT molecular complexity index is 1520. The van der Waals surface area contributed by atoms with Crippen LogP contribution in [0.5, 0.6) is 11.5 Å². The number of carbonyl (C=O) groups is 1. The molecule has 4 aromatic rings. The van der Waals surface area contributed by atoms with Crippen LogP contribution < -0.4 is 14.9 Å². The fourth-order valence-corrected chi connectivity index (χ4v) is 4.95. The van der Waals surface area contributed by atoms with Gasteiger partial charge in [-0.1, -0.05) is 34.1 Å². The zero-order chi connectivity index (χ0) is 24.7. The molecule has 0 bridgehead atoms. The van der Waals surface area contributed by atoms with E-state index in [1.54, 1.807) is 19.1 Å². The van der Waals surface area contributed by atoms with E-state index in [-0.39, 0.29) is 28.2 Å². The third-order valence-corrected chi connectivity index (χ3v) is 6.67. The van der Waals surface area contributed by atoms with Crippen LogP contribution in [0, 0.1) is 5.82 Å². The van der Waals surface area contributed by atoms with Crippen LogP contribution in [0.3, 0.4) is 0 Å². The molecule has 5 rings (SSSR count). The topological polar surface area (TPSA) is 69.0 Å². The Morgan fingerprint density at radius 1 is 1.00 bits per heavy atom. The van der Waals surface area contributed by atoms with Crippen LogP contribution in [0.4, 0.5) is 4.39 Å². The quantitative estimate of drug-likeness (QED) is 0.325. The molecule has 2 heterocycles. The van der Waals surface area contributed by atoms with E-state index in [4.69, 9.17) is 13.9 Å². The smallest absolute Gasteiger partial charge is 0.290 e. The summed E-state index contributed by atoms with van der Waals surface area (Å²) >= 11 is 3.48. The maximum absolute atomic E-state index is 13.9. The van der Waals surface area contributed by atoms with E-state index in [1.807, 2.05) is 42.5 Å². The van der Waals surface area contributed by atoms with Gasteiger partial charge in [-0.15, -0.1) is 0 Å². The fourth-order valence-electron chi connectivity index (χ4n) is 4.53. The molecule has 178 valence electrons. The van der Waals surface area contributed by atoms with Crippen LogP contribution in [-0.4, -0.2) is 31.6 Å². The molecule has 1 aliphatic heterocycles. The first-order valence-electron chi connectivity index (χ1n) is 10.9. The van der Waals surface area contributed by atoms with Crippen molar-refractivity contribution in [3.05, 3.63) is 104 Å². The van der Waals surface area contributed by atoms with Gasteiger partial charge in [-0.05, 0) is 60.0 Å². The summed E-state index contributed by atoms with van der Waals surface area (Å²) in [7, 11) is 3.14. The van der Waals surface area contributed by atoms with E-state index in [1.165, 1.54) is 12.1 Å². The number of rotatable bonds is 6. The van der Waals surface area contributed by atoms with Gasteiger partial charge in [0.2, 0.25) is 5.76 Å². The van der Waals surface area contributed by atoms with Gasteiger partial charge in [-0.25, -0.2) is 4.39 Å². The number of methoxy groups -OCH3 is 2. The highest BCUT2D eigenvalue weighted by molar-refractivity contribution is 9.10. The van der Waals surface area contributed by atoms with Crippen LogP contribution in [0.2, 0.25) is 0 Å². The number of nitrogens with zero attached hydrogens (tertiary/aromatic N) is 1. The van der Waals surface area contributed by atoms with Crippen LogP contribution in [0.1, 0.15) is 33.3 Å². The molecule has 1 unspecified atom stereocenters. The summed E-state index contributed by atoms with van der Waals surface area (Å²) in [5.41, 5.74) is 1.68. The van der Waals surface area contributed by atoms with Gasteiger partial charge < -0.3 is 18.8 Å². The highest BCUT2D eigenvalue weighted by atomic mass is 79.9. The lowest BCUT2D eigenvalue weighted by molar-refractivity contribution is 0.0730. The normalized spacial score (nSPS) is 14.9. The van der Waals surface area contributed by atoms with Gasteiger partial charge in [0.15, 0.2) is 16.9 Å². The van der Waals surface area contributed by atoms with Crippen molar-refractivity contribution in [2.24, 2.45) is 0 Å². The van der Waals surface area contributed by atoms with Crippen molar-refractivity contribution in [1.82, 2.24) is 4.90 Å². The molecule has 1 atom stereocenters. The van der Waals surface area contributed by atoms with E-state index in [0.29, 0.717) is 24.5 Å². The minimum Gasteiger partial charge on any atom is -0.493 e. The molecule has 0 spiro atoms. The molecule has 0 saturated carbocycles. The molecule has 1 aliphatic rings. The average Bonchev–Trinajstić information content (AvgIpc) is 3.14. The van der Waals surface area contributed by atoms with Crippen molar-refractivity contribution in [2.75, 3.05) is 20.8 Å². The van der Waals surface area contributed by atoms with Gasteiger partial charge in [0.1, 0.15) is 11.4 Å². The molecule has 6 nitrogen and oxygen atoms in total. The second-order valence-corrected chi connectivity index (χ2v) is 9.13. The zero-order valence-electron chi connectivity index (χ0n) is 19.0. The largest absolute Gasteiger partial charge is 0.493 e. The zero-order valence-corrected chi connectivity index (χ0v) is 20.6. The van der Waals surface area contributed by atoms with Gasteiger partial charge in [-0.2, -0.15) is 0 Å². The standard InChI is InChI=1S/C27H21BrFNO5/c1-33-21-8-6-15(12-22(21)34-2)10-11-30-24(16-4-3-5-17(28)13-16)23-25(31)19-14-18(29)7-9-20(19)35-26(23)27(30)32/h3-9,12-14,24H,10-11H2,1-2H3. The Hall–Kier alpha value is -3.65. The Morgan fingerprint density at radius 2 is 1.80 bits per heavy atom. The maximum Gasteiger partial charge on any atom is 0.290 e. The molecule has 1 aromatic heterocycles. The van der Waals surface area contributed by atoms with Gasteiger partial charge in [0, 0.05) is 11.0 Å². The van der Waals surface area contributed by atoms with Crippen LogP contribution in [0.25, 0.3) is 11.0 Å². The average molecular weight is 538 g/mol. The third-order valence-electron chi connectivity index (χ3n) is 6.18. The lowest BCUT2D eigenvalue weighted by Gasteiger charge is -2.25. The molecule has 1 amide bonds. The van der Waals surface area contributed by atoms with E-state index in [9.17, 15) is 14.0 Å². The second kappa shape index (κ2) is 9.19. The predicted octanol–water partition coefficient (Wildman–Crippen LogP) is 5.50. The number of benzene rings is 3. The third kappa shape index (κ3) is 4.08. The van der Waals surface area contributed by atoms with Crippen LogP contribution in [0.15, 0.2) is 74.3 Å². The van der Waals surface area contributed by atoms with Crippen molar-refractivity contribution in [2.45, 2.75) is 12.5 Å². The maximum atomic E-state index is 13.9. The highest BCUT2D eigenvalue weighted by Gasteiger charge is 2.42. The Labute approximate surface area is 209 Å². The minimum atomic E-state index is -0.668. The summed E-state index contributed by atoms with van der Waals surface area (Å²) in [4.78, 5) is 28.7. The van der Waals surface area contributed by atoms with Crippen molar-refractivity contribution in [3.63, 3.8) is 0 Å². The summed E-state index contributed by atoms with van der Waals surface area (Å²) in [6, 6.07) is 16.1. The number of hydrogen-bond acceptors (Lipinski definition) is 5. The van der Waals surface area contributed by atoms with E-state index >= 15 is 0 Å². The second-order valence-electron chi connectivity index (χ2n) is 8.21. The van der Waals surface area contributed by atoms with Crippen molar-refractivity contribution < 1.29 is 23.1 Å². The molecular weight excluding hydrogens is 517 g/mol. The summed E-state index contributed by atoms with van der Waals surface area (Å²) in [6.07, 6.45) is 0.507. The molecule has 35 heavy (non-hydrogen) atoms. The number of amides is 1. The Kier molecular flexibility index (Phi) is 6.06. The van der Waals surface area contributed by atoms with Gasteiger partial charge >= 0.3 is 0 Å². The highest BCUT2D eigenvalue weighted by Crippen LogP contribution is 2.39. The van der Waals surface area contributed by atoms with E-state index in [0.717, 1.165) is 21.7 Å². The predicted molar refractivity (Wildman–Crippen MR) is 133 cm³/mol. The van der Waals surface area contributed by atoms with E-state index < -0.39 is 17.3 Å². The van der Waals surface area contributed by atoms with Gasteiger partial charge in [0.05, 0.1) is 31.2 Å². The molecule has 0 aliphatic carbocycles. The molecule has 0 fully saturated rings. The summed E-state index contributed by atoms with van der Waals surface area (Å²) < 4.78 is 31.3. The van der Waals surface area contributed by atoms with Gasteiger partial charge in [0.25, 0.3) is 5.91 Å². The number of halogens is 2. The number of ether oxygens (including phenoxy) is 2. The van der Waals surface area contributed by atoms with Crippen molar-refractivity contribution >= 4 is 32.8 Å². The number of fused-ring (bicyclic) bond motifs is 2. The summed E-state index contributed by atoms with van der Waals surface area (Å²) in [6.45, 7) is 0.319. The first-order chi connectivity index (χ1) is 16.9. The Balaban J connectivity index is 1.59. The minimum absolute atomic E-state index is 0.00797. The number of hydrogen-bond donors (Lipinski definition) is 0. The molecule has 0 saturated heterocycles. The summed E-state index contributed by atoms with van der Waals surface area (Å²) in [5.74, 6) is 0.273.